The summed E-state index contributed by atoms with van der Waals surface area (Å²) in [6.45, 7) is 1.02. The number of ether oxygens (including phenoxy) is 2. The number of rotatable bonds is 11. The topological polar surface area (TPSA) is 175 Å². The number of carbonyl (C=O) groups is 4. The molecule has 0 bridgehead atoms. The standard InChI is InChI=1S/C29H27N3O10/c33-24(9-2-1-3-12-31-27(35)20-7-4-8-22(32(38)39)25(20)28(31)36)41-18-11-10-17-14-21(29(37)42-23(17)15-18)26(34)30-16-19-6-5-13-40-19/h4,7-8,10-11,14-15,19H,1-3,5-6,9,12-13,16H2,(H,30,34). The molecule has 3 amide bonds. The van der Waals surface area contributed by atoms with E-state index in [0.29, 0.717) is 37.8 Å². The summed E-state index contributed by atoms with van der Waals surface area (Å²) in [6, 6.07) is 9.85. The first-order valence-electron chi connectivity index (χ1n) is 13.5. The molecule has 3 heterocycles. The van der Waals surface area contributed by atoms with Crippen LogP contribution in [0.4, 0.5) is 5.69 Å². The first-order chi connectivity index (χ1) is 20.2. The Morgan fingerprint density at radius 2 is 1.90 bits per heavy atom. The van der Waals surface area contributed by atoms with Crippen LogP contribution in [0.1, 0.15) is 69.6 Å². The predicted molar refractivity (Wildman–Crippen MR) is 146 cm³/mol. The maximum atomic E-state index is 12.6. The molecule has 218 valence electrons. The lowest BCUT2D eigenvalue weighted by Gasteiger charge is -2.13. The van der Waals surface area contributed by atoms with E-state index < -0.39 is 39.9 Å². The van der Waals surface area contributed by atoms with Gasteiger partial charge in [0.05, 0.1) is 16.6 Å². The molecule has 0 radical (unpaired) electrons. The van der Waals surface area contributed by atoms with Gasteiger partial charge in [0.25, 0.3) is 23.4 Å². The Hall–Kier alpha value is -4.91. The fraction of sp³-hybridized carbons (Fsp3) is 0.345. The van der Waals surface area contributed by atoms with Gasteiger partial charge in [0, 0.05) is 43.6 Å². The van der Waals surface area contributed by atoms with Crippen LogP contribution in [-0.2, 0) is 9.53 Å². The summed E-state index contributed by atoms with van der Waals surface area (Å²) >= 11 is 0. The highest BCUT2D eigenvalue weighted by molar-refractivity contribution is 6.23. The molecule has 1 atom stereocenters. The monoisotopic (exact) mass is 577 g/mol. The van der Waals surface area contributed by atoms with E-state index in [4.69, 9.17) is 13.9 Å². The first-order valence-corrected chi connectivity index (χ1v) is 13.5. The number of unbranched alkanes of at least 4 members (excludes halogenated alkanes) is 2. The van der Waals surface area contributed by atoms with Gasteiger partial charge in [0.2, 0.25) is 0 Å². The minimum atomic E-state index is -0.816. The van der Waals surface area contributed by atoms with E-state index >= 15 is 0 Å². The summed E-state index contributed by atoms with van der Waals surface area (Å²) in [5.41, 5.74) is -1.38. The van der Waals surface area contributed by atoms with Gasteiger partial charge in [0.1, 0.15) is 22.5 Å². The van der Waals surface area contributed by atoms with E-state index in [1.807, 2.05) is 0 Å². The molecule has 13 nitrogen and oxygen atoms in total. The fourth-order valence-electron chi connectivity index (χ4n) is 4.99. The number of hydrogen-bond acceptors (Lipinski definition) is 10. The van der Waals surface area contributed by atoms with E-state index in [1.54, 1.807) is 6.07 Å². The molecule has 0 spiro atoms. The number of nitro benzene ring substituents is 1. The second-order valence-electron chi connectivity index (χ2n) is 10.00. The molecule has 2 aromatic carbocycles. The Balaban J connectivity index is 1.09. The second kappa shape index (κ2) is 12.3. The van der Waals surface area contributed by atoms with Gasteiger partial charge in [-0.15, -0.1) is 0 Å². The smallest absolute Gasteiger partial charge is 0.349 e. The van der Waals surface area contributed by atoms with Crippen LogP contribution in [0.3, 0.4) is 0 Å². The fourth-order valence-corrected chi connectivity index (χ4v) is 4.99. The zero-order valence-electron chi connectivity index (χ0n) is 22.5. The van der Waals surface area contributed by atoms with Crippen molar-refractivity contribution in [3.05, 3.63) is 79.7 Å². The molecule has 1 unspecified atom stereocenters. The van der Waals surface area contributed by atoms with Gasteiger partial charge < -0.3 is 19.2 Å². The lowest BCUT2D eigenvalue weighted by atomic mass is 10.1. The van der Waals surface area contributed by atoms with Crippen molar-refractivity contribution in [1.82, 2.24) is 10.2 Å². The molecule has 13 heteroatoms. The molecule has 2 aliphatic rings. The average Bonchev–Trinajstić information content (AvgIpc) is 3.57. The van der Waals surface area contributed by atoms with Crippen LogP contribution in [0, 0.1) is 10.1 Å². The number of nitrogens with zero attached hydrogens (tertiary/aromatic N) is 2. The van der Waals surface area contributed by atoms with Crippen molar-refractivity contribution >= 4 is 40.3 Å². The molecule has 1 N–H and O–H groups in total. The third kappa shape index (κ3) is 6.05. The Bertz CT molecular complexity index is 1640. The second-order valence-corrected chi connectivity index (χ2v) is 10.00. The molecular weight excluding hydrogens is 550 g/mol. The summed E-state index contributed by atoms with van der Waals surface area (Å²) in [5.74, 6) is -2.19. The summed E-state index contributed by atoms with van der Waals surface area (Å²) < 4.78 is 16.1. The lowest BCUT2D eigenvalue weighted by molar-refractivity contribution is -0.385. The third-order valence-electron chi connectivity index (χ3n) is 7.13. The molecule has 1 aromatic heterocycles. The average molecular weight is 578 g/mol. The highest BCUT2D eigenvalue weighted by Gasteiger charge is 2.40. The van der Waals surface area contributed by atoms with Gasteiger partial charge in [-0.3, -0.25) is 34.2 Å². The molecule has 2 aliphatic heterocycles. The van der Waals surface area contributed by atoms with Gasteiger partial charge in [0.15, 0.2) is 0 Å². The minimum absolute atomic E-state index is 0.0120. The molecule has 1 saturated heterocycles. The van der Waals surface area contributed by atoms with Crippen LogP contribution >= 0.6 is 0 Å². The largest absolute Gasteiger partial charge is 0.426 e. The predicted octanol–water partition coefficient (Wildman–Crippen LogP) is 3.37. The number of nitro groups is 1. The molecule has 1 fully saturated rings. The van der Waals surface area contributed by atoms with E-state index in [0.717, 1.165) is 17.7 Å². The molecule has 0 aliphatic carbocycles. The first kappa shape index (κ1) is 28.6. The van der Waals surface area contributed by atoms with Crippen molar-refractivity contribution in [3.63, 3.8) is 0 Å². The molecule has 0 saturated carbocycles. The van der Waals surface area contributed by atoms with Crippen LogP contribution < -0.4 is 15.7 Å². The van der Waals surface area contributed by atoms with Crippen molar-refractivity contribution in [1.29, 1.82) is 0 Å². The number of nitrogens with one attached hydrogen (secondary N) is 1. The Morgan fingerprint density at radius 1 is 1.07 bits per heavy atom. The van der Waals surface area contributed by atoms with E-state index in [1.165, 1.54) is 36.4 Å². The Kier molecular flexibility index (Phi) is 8.38. The van der Waals surface area contributed by atoms with Gasteiger partial charge >= 0.3 is 11.6 Å². The number of fused-ring (bicyclic) bond motifs is 2. The number of imide groups is 1. The van der Waals surface area contributed by atoms with Gasteiger partial charge in [-0.05, 0) is 49.9 Å². The Labute approximate surface area is 238 Å². The van der Waals surface area contributed by atoms with E-state index in [9.17, 15) is 34.1 Å². The molecular formula is C29H27N3O10. The summed E-state index contributed by atoms with van der Waals surface area (Å²) in [4.78, 5) is 73.9. The van der Waals surface area contributed by atoms with E-state index in [2.05, 4.69) is 5.32 Å². The summed E-state index contributed by atoms with van der Waals surface area (Å²) in [5, 5.41) is 14.4. The number of esters is 1. The van der Waals surface area contributed by atoms with Gasteiger partial charge in [-0.1, -0.05) is 12.5 Å². The van der Waals surface area contributed by atoms with Crippen molar-refractivity contribution in [2.24, 2.45) is 0 Å². The Morgan fingerprint density at radius 3 is 2.67 bits per heavy atom. The van der Waals surface area contributed by atoms with Crippen LogP contribution in [0.25, 0.3) is 11.0 Å². The lowest BCUT2D eigenvalue weighted by Crippen LogP contribution is -2.34. The minimum Gasteiger partial charge on any atom is -0.426 e. The molecule has 3 aromatic rings. The number of hydrogen-bond donors (Lipinski definition) is 1. The SMILES string of the molecule is O=C(CCCCCN1C(=O)c2cccc([N+](=O)[O-])c2C1=O)Oc1ccc2cc(C(=O)NCC3CCCO3)c(=O)oc2c1. The maximum absolute atomic E-state index is 12.6. The van der Waals surface area contributed by atoms with Crippen molar-refractivity contribution in [2.45, 2.75) is 44.6 Å². The van der Waals surface area contributed by atoms with Crippen LogP contribution in [0.5, 0.6) is 5.75 Å². The summed E-state index contributed by atoms with van der Waals surface area (Å²) in [7, 11) is 0. The highest BCUT2D eigenvalue weighted by Crippen LogP contribution is 2.31. The molecule has 5 rings (SSSR count). The van der Waals surface area contributed by atoms with Crippen LogP contribution in [-0.4, -0.2) is 59.3 Å². The van der Waals surface area contributed by atoms with Gasteiger partial charge in [-0.25, -0.2) is 4.79 Å². The number of carbonyl (C=O) groups excluding carboxylic acids is 4. The molecule has 42 heavy (non-hydrogen) atoms. The van der Waals surface area contributed by atoms with Crippen molar-refractivity contribution in [3.8, 4) is 5.75 Å². The highest BCUT2D eigenvalue weighted by atomic mass is 16.6. The van der Waals surface area contributed by atoms with Gasteiger partial charge in [-0.2, -0.15) is 0 Å². The zero-order valence-corrected chi connectivity index (χ0v) is 22.5. The van der Waals surface area contributed by atoms with Crippen molar-refractivity contribution in [2.75, 3.05) is 19.7 Å². The van der Waals surface area contributed by atoms with Crippen molar-refractivity contribution < 1.29 is 38.0 Å². The van der Waals surface area contributed by atoms with Crippen LogP contribution in [0.2, 0.25) is 0 Å². The van der Waals surface area contributed by atoms with E-state index in [-0.39, 0.29) is 47.1 Å². The third-order valence-corrected chi connectivity index (χ3v) is 7.13. The number of amides is 3. The zero-order chi connectivity index (χ0) is 29.8. The quantitative estimate of drug-likeness (QED) is 0.0676. The number of benzene rings is 2. The maximum Gasteiger partial charge on any atom is 0.349 e. The summed E-state index contributed by atoms with van der Waals surface area (Å²) in [6.07, 6.45) is 3.07. The van der Waals surface area contributed by atoms with Crippen LogP contribution in [0.15, 0.2) is 51.7 Å². The normalized spacial score (nSPS) is 16.1.